The second-order valence-corrected chi connectivity index (χ2v) is 22.9. The van der Waals surface area contributed by atoms with Crippen molar-refractivity contribution in [1.82, 2.24) is 72.2 Å². The molecule has 3 fully saturated rings. The van der Waals surface area contributed by atoms with Crippen LogP contribution in [0.5, 0.6) is 0 Å². The average molecular weight is 1290 g/mol. The number of hydrogen-bond acceptors (Lipinski definition) is 19. The monoisotopic (exact) mass is 1290 g/mol. The number of likely N-dealkylation sites (tertiary alicyclic amines) is 3. The molecule has 3 aliphatic rings. The number of aromatic amines is 2. The fraction of sp³-hybridized carbons (Fsp3) is 0.561. The van der Waals surface area contributed by atoms with E-state index in [0.717, 1.165) is 4.90 Å². The highest BCUT2D eigenvalue weighted by Crippen LogP contribution is 2.25. The number of benzene rings is 1. The number of fused-ring (bicyclic) bond motifs is 1. The van der Waals surface area contributed by atoms with E-state index in [1.54, 1.807) is 30.5 Å². The number of carbonyl (C=O) groups excluding carboxylic acids is 13. The van der Waals surface area contributed by atoms with Crippen LogP contribution >= 0.6 is 0 Å². The first-order valence-electron chi connectivity index (χ1n) is 29.9. The van der Waals surface area contributed by atoms with Crippen molar-refractivity contribution in [2.45, 2.75) is 170 Å². The Morgan fingerprint density at radius 1 is 0.620 bits per heavy atom. The van der Waals surface area contributed by atoms with Crippen molar-refractivity contribution in [3.8, 4) is 0 Å². The normalized spacial score (nSPS) is 19.5. The minimum Gasteiger partial charge on any atom is -0.480 e. The third-order valence-electron chi connectivity index (χ3n) is 16.0. The maximum atomic E-state index is 14.9. The van der Waals surface area contributed by atoms with Crippen LogP contribution in [0.15, 0.2) is 43.0 Å². The van der Waals surface area contributed by atoms with E-state index in [0.29, 0.717) is 35.0 Å². The van der Waals surface area contributed by atoms with Crippen LogP contribution in [-0.4, -0.2) is 244 Å². The van der Waals surface area contributed by atoms with Gasteiger partial charge in [-0.25, -0.2) is 9.78 Å². The number of aliphatic hydroxyl groups excluding tert-OH is 3. The Morgan fingerprint density at radius 2 is 1.20 bits per heavy atom. The third kappa shape index (κ3) is 19.0. The van der Waals surface area contributed by atoms with E-state index in [1.165, 1.54) is 43.1 Å². The number of carbonyl (C=O) groups is 14. The molecule has 13 atom stereocenters. The average Bonchev–Trinajstić information content (AvgIpc) is 1.69. The van der Waals surface area contributed by atoms with E-state index in [4.69, 9.17) is 17.2 Å². The highest BCUT2D eigenvalue weighted by molar-refractivity contribution is 6.00. The number of rotatable bonds is 32. The molecule has 0 saturated carbocycles. The number of carboxylic acids is 1. The Kier molecular flexibility index (Phi) is 25.6. The van der Waals surface area contributed by atoms with E-state index < -0.39 is 187 Å². The van der Waals surface area contributed by atoms with E-state index in [-0.39, 0.29) is 64.6 Å². The lowest BCUT2D eigenvalue weighted by molar-refractivity contribution is -0.145. The molecule has 35 nitrogen and oxygen atoms in total. The summed E-state index contributed by atoms with van der Waals surface area (Å²) in [6.45, 7) is 2.02. The first kappa shape index (κ1) is 71.5. The van der Waals surface area contributed by atoms with Gasteiger partial charge in [-0.05, 0) is 77.3 Å². The standard InChI is InChI=1S/C57H81N17O18/c1-27(65-53(87)45(28(2)76)70-52(86)41-13-8-18-74(41)56(90)46(29(3)77)71-47(81)33(58)21-43(60)79)54(88)72-16-7-12-40(72)51(85)67-36(19-30-22-62-34-10-5-4-9-32(30)34)49(83)68-37(20-31-23-61-26-64-31)55(89)73-17-6-11-39(73)50(84)63-24-44(80)66-35(14-15-42(59)78)48(82)69-38(25-75)57(91)92/h4-5,9-10,22-23,26-29,33,35-41,45-46,62,75-77H,6-8,11-21,24-25,58H2,1-3H3,(H2,59,78)(H2,60,79)(H,61,64)(H,63,84)(H,65,87)(H,66,80)(H,67,85)(H,68,83)(H,69,82)(H,70,86)(H,71,81)(H,91,92)/t27-,28+,29+,33-,35-,36-,37-,38-,39-,40-,41-,45-,46-/m0/s1. The predicted octanol–water partition coefficient (Wildman–Crippen LogP) is -7.51. The number of nitrogens with one attached hydrogen (secondary N) is 10. The van der Waals surface area contributed by atoms with E-state index in [2.05, 4.69) is 52.2 Å². The first-order valence-corrected chi connectivity index (χ1v) is 29.9. The topological polar surface area (TPSA) is 548 Å². The van der Waals surface area contributed by atoms with Crippen molar-refractivity contribution in [3.63, 3.8) is 0 Å². The van der Waals surface area contributed by atoms with Crippen LogP contribution < -0.4 is 59.7 Å². The lowest BCUT2D eigenvalue weighted by Gasteiger charge is -2.32. The van der Waals surface area contributed by atoms with Crippen molar-refractivity contribution in [3.05, 3.63) is 54.2 Å². The van der Waals surface area contributed by atoms with Crippen LogP contribution in [0.1, 0.15) is 89.8 Å². The lowest BCUT2D eigenvalue weighted by Crippen LogP contribution is -2.62. The molecule has 0 radical (unpaired) electrons. The van der Waals surface area contributed by atoms with Crippen molar-refractivity contribution in [1.29, 1.82) is 0 Å². The summed E-state index contributed by atoms with van der Waals surface area (Å²) < 4.78 is 0. The molecule has 2 aromatic heterocycles. The first-order chi connectivity index (χ1) is 43.6. The molecule has 1 aromatic carbocycles. The van der Waals surface area contributed by atoms with Gasteiger partial charge in [-0.1, -0.05) is 18.2 Å². The summed E-state index contributed by atoms with van der Waals surface area (Å²) in [5, 5.41) is 60.2. The zero-order valence-electron chi connectivity index (χ0n) is 50.9. The molecule has 13 amide bonds. The van der Waals surface area contributed by atoms with Gasteiger partial charge in [0.25, 0.3) is 0 Å². The zero-order chi connectivity index (χ0) is 67.7. The highest BCUT2D eigenvalue weighted by atomic mass is 16.4. The largest absolute Gasteiger partial charge is 0.480 e. The van der Waals surface area contributed by atoms with Crippen molar-refractivity contribution in [2.75, 3.05) is 32.8 Å². The number of primary amides is 2. The number of aromatic nitrogens is 3. The number of aliphatic hydroxyl groups is 3. The summed E-state index contributed by atoms with van der Waals surface area (Å²) in [4.78, 5) is 200. The van der Waals surface area contributed by atoms with Crippen LogP contribution in [0.3, 0.4) is 0 Å². The van der Waals surface area contributed by atoms with E-state index >= 15 is 0 Å². The molecule has 20 N–H and O–H groups in total. The molecule has 0 aliphatic carbocycles. The Morgan fingerprint density at radius 3 is 1.77 bits per heavy atom. The molecular weight excluding hydrogens is 1210 g/mol. The van der Waals surface area contributed by atoms with Gasteiger partial charge in [-0.2, -0.15) is 0 Å². The van der Waals surface area contributed by atoms with Crippen LogP contribution in [0, 0.1) is 0 Å². The molecule has 502 valence electrons. The zero-order valence-corrected chi connectivity index (χ0v) is 50.9. The summed E-state index contributed by atoms with van der Waals surface area (Å²) in [5.74, 6) is -13.0. The fourth-order valence-corrected chi connectivity index (χ4v) is 11.1. The van der Waals surface area contributed by atoms with Gasteiger partial charge in [0.05, 0.1) is 44.1 Å². The Labute approximate surface area is 526 Å². The van der Waals surface area contributed by atoms with Crippen molar-refractivity contribution in [2.24, 2.45) is 17.2 Å². The lowest BCUT2D eigenvalue weighted by atomic mass is 10.0. The molecule has 5 heterocycles. The van der Waals surface area contributed by atoms with Gasteiger partial charge in [0.15, 0.2) is 0 Å². The fourth-order valence-electron chi connectivity index (χ4n) is 11.1. The van der Waals surface area contributed by atoms with E-state index in [9.17, 15) is 87.5 Å². The minimum absolute atomic E-state index is 0.00650. The second-order valence-electron chi connectivity index (χ2n) is 22.9. The van der Waals surface area contributed by atoms with Crippen molar-refractivity contribution < 1.29 is 87.5 Å². The molecule has 3 saturated heterocycles. The number of carboxylic acid groups (broad SMARTS) is 1. The third-order valence-corrected chi connectivity index (χ3v) is 16.0. The number of para-hydroxylation sites is 1. The number of aliphatic carboxylic acids is 1. The molecular formula is C57H81N17O18. The van der Waals surface area contributed by atoms with Gasteiger partial charge in [0, 0.05) is 67.9 Å². The van der Waals surface area contributed by atoms with Crippen LogP contribution in [-0.2, 0) is 80.0 Å². The van der Waals surface area contributed by atoms with Gasteiger partial charge < -0.3 is 105 Å². The summed E-state index contributed by atoms with van der Waals surface area (Å²) >= 11 is 0. The molecule has 0 unspecified atom stereocenters. The van der Waals surface area contributed by atoms with Gasteiger partial charge in [-0.3, -0.25) is 62.3 Å². The molecule has 0 spiro atoms. The van der Waals surface area contributed by atoms with Gasteiger partial charge >= 0.3 is 5.97 Å². The summed E-state index contributed by atoms with van der Waals surface area (Å²) in [7, 11) is 0. The maximum Gasteiger partial charge on any atom is 0.328 e. The van der Waals surface area contributed by atoms with E-state index in [1.807, 2.05) is 5.32 Å². The number of nitrogens with zero attached hydrogens (tertiary/aromatic N) is 4. The molecule has 92 heavy (non-hydrogen) atoms. The predicted molar refractivity (Wildman–Crippen MR) is 319 cm³/mol. The van der Waals surface area contributed by atoms with Crippen molar-refractivity contribution >= 4 is 93.7 Å². The van der Waals surface area contributed by atoms with Crippen LogP contribution in [0.2, 0.25) is 0 Å². The number of hydrogen-bond donors (Lipinski definition) is 17. The van der Waals surface area contributed by atoms with Gasteiger partial charge in [0.2, 0.25) is 76.8 Å². The maximum absolute atomic E-state index is 14.9. The van der Waals surface area contributed by atoms with Crippen LogP contribution in [0.25, 0.3) is 10.9 Å². The van der Waals surface area contributed by atoms with Crippen LogP contribution in [0.4, 0.5) is 0 Å². The summed E-state index contributed by atoms with van der Waals surface area (Å²) in [6.07, 6.45) is 0.821. The molecule has 0 bridgehead atoms. The number of H-pyrrole nitrogens is 2. The Hall–Kier alpha value is -9.61. The smallest absolute Gasteiger partial charge is 0.328 e. The molecule has 6 rings (SSSR count). The van der Waals surface area contributed by atoms with Gasteiger partial charge in [0.1, 0.15) is 60.4 Å². The minimum atomic E-state index is -1.74. The SMILES string of the molecule is C[C@H](NC(=O)[C@@H](NC(=O)[C@@H]1CCCN1C(=O)[C@@H](NC(=O)[C@@H](N)CC(N)=O)[C@@H](C)O)[C@@H](C)O)C(=O)N1CCC[C@H]1C(=O)N[C@@H](Cc1c[nH]c2ccccc12)C(=O)N[C@@H](Cc1cnc[nH]1)C(=O)N1CCC[C@H]1C(=O)NCC(=O)N[C@@H](CCC(N)=O)C(=O)N[C@@H](CO)C(=O)O. The number of nitrogens with two attached hydrogens (primary N) is 3. The Balaban J connectivity index is 1.14. The second kappa shape index (κ2) is 32.9. The molecule has 35 heteroatoms. The summed E-state index contributed by atoms with van der Waals surface area (Å²) in [6, 6.07) is -8.79. The number of amides is 13. The summed E-state index contributed by atoms with van der Waals surface area (Å²) in [5.41, 5.74) is 17.8. The number of imidazole rings is 1. The highest BCUT2D eigenvalue weighted by Gasteiger charge is 2.44. The Bertz CT molecular complexity index is 3210. The quantitative estimate of drug-likeness (QED) is 0.0276. The molecule has 3 aromatic rings. The molecule has 3 aliphatic heterocycles. The van der Waals surface area contributed by atoms with Gasteiger partial charge in [-0.15, -0.1) is 0 Å².